The first-order valence-corrected chi connectivity index (χ1v) is 8.13. The second kappa shape index (κ2) is 5.73. The molecule has 1 aliphatic carbocycles. The monoisotopic (exact) mass is 381 g/mol. The first-order valence-electron chi connectivity index (χ1n) is 8.13. The highest BCUT2D eigenvalue weighted by molar-refractivity contribution is 5.95. The van der Waals surface area contributed by atoms with E-state index in [2.05, 4.69) is 14.9 Å². The van der Waals surface area contributed by atoms with Crippen molar-refractivity contribution in [2.45, 2.75) is 37.2 Å². The zero-order valence-corrected chi connectivity index (χ0v) is 13.8. The molecule has 1 aromatic heterocycles. The quantitative estimate of drug-likeness (QED) is 0.849. The van der Waals surface area contributed by atoms with Gasteiger partial charge in [0.15, 0.2) is 6.04 Å². The van der Waals surface area contributed by atoms with Crippen molar-refractivity contribution < 1.29 is 32.6 Å². The molecule has 0 spiro atoms. The number of carboxylic acid groups (broad SMARTS) is 1. The highest BCUT2D eigenvalue weighted by Crippen LogP contribution is 2.52. The predicted molar refractivity (Wildman–Crippen MR) is 83.6 cm³/mol. The molecule has 4 rings (SSSR count). The number of aromatic amines is 1. The summed E-state index contributed by atoms with van der Waals surface area (Å²) in [6.07, 6.45) is -2.40. The van der Waals surface area contributed by atoms with E-state index >= 15 is 0 Å². The van der Waals surface area contributed by atoms with Crippen LogP contribution >= 0.6 is 0 Å². The van der Waals surface area contributed by atoms with Crippen LogP contribution in [0.5, 0.6) is 5.75 Å². The van der Waals surface area contributed by atoms with E-state index in [1.807, 2.05) is 0 Å². The first-order chi connectivity index (χ1) is 12.7. The molecule has 1 unspecified atom stereocenters. The van der Waals surface area contributed by atoms with E-state index in [1.165, 1.54) is 23.2 Å². The van der Waals surface area contributed by atoms with Crippen LogP contribution in [-0.4, -0.2) is 38.4 Å². The van der Waals surface area contributed by atoms with E-state index in [0.29, 0.717) is 29.7 Å². The molecule has 10 heteroatoms. The molecular weight excluding hydrogens is 367 g/mol. The van der Waals surface area contributed by atoms with E-state index in [1.54, 1.807) is 0 Å². The number of fused-ring (bicyclic) bond motifs is 1. The fourth-order valence-electron chi connectivity index (χ4n) is 3.57. The summed E-state index contributed by atoms with van der Waals surface area (Å²) in [5, 5.41) is 16.1. The van der Waals surface area contributed by atoms with Gasteiger partial charge in [-0.2, -0.15) is 5.10 Å². The molecule has 1 amide bonds. The van der Waals surface area contributed by atoms with Crippen LogP contribution in [0.25, 0.3) is 0 Å². The standard InChI is InChI=1S/C17H14F3N3O4/c18-17(19,20)27-10-3-1-9(2-4-10)16(5-6-16)15(26)23-8-12-11(7-21-22-12)13(23)14(24)25/h1-4,7,13H,5-6,8H2,(H,21,22)(H,24,25). The largest absolute Gasteiger partial charge is 0.573 e. The Hall–Kier alpha value is -3.04. The number of halogens is 3. The summed E-state index contributed by atoms with van der Waals surface area (Å²) >= 11 is 0. The van der Waals surface area contributed by atoms with Crippen molar-refractivity contribution in [3.05, 3.63) is 47.3 Å². The third-order valence-corrected chi connectivity index (χ3v) is 4.98. The van der Waals surface area contributed by atoms with Crippen LogP contribution in [0.4, 0.5) is 13.2 Å². The molecule has 1 aliphatic heterocycles. The maximum atomic E-state index is 13.1. The van der Waals surface area contributed by atoms with Crippen molar-refractivity contribution in [3.8, 4) is 5.75 Å². The number of carboxylic acids is 1. The lowest BCUT2D eigenvalue weighted by Crippen LogP contribution is -2.40. The number of ether oxygens (including phenoxy) is 1. The molecule has 0 radical (unpaired) electrons. The van der Waals surface area contributed by atoms with Crippen LogP contribution in [-0.2, 0) is 21.5 Å². The van der Waals surface area contributed by atoms with Gasteiger partial charge in [-0.25, -0.2) is 4.79 Å². The number of benzene rings is 1. The third kappa shape index (κ3) is 2.90. The minimum Gasteiger partial charge on any atom is -0.479 e. The van der Waals surface area contributed by atoms with Crippen LogP contribution in [0.15, 0.2) is 30.5 Å². The summed E-state index contributed by atoms with van der Waals surface area (Å²) in [7, 11) is 0. The number of H-pyrrole nitrogens is 1. The molecule has 2 N–H and O–H groups in total. The Morgan fingerprint density at radius 2 is 1.93 bits per heavy atom. The molecule has 2 aromatic rings. The molecule has 0 saturated heterocycles. The SMILES string of the molecule is O=C(O)C1c2cn[nH]c2CN1C(=O)C1(c2ccc(OC(F)(F)F)cc2)CC1. The summed E-state index contributed by atoms with van der Waals surface area (Å²) in [6.45, 7) is 0.0994. The van der Waals surface area contributed by atoms with Crippen molar-refractivity contribution >= 4 is 11.9 Å². The van der Waals surface area contributed by atoms with Gasteiger partial charge in [0.05, 0.1) is 23.9 Å². The highest BCUT2D eigenvalue weighted by atomic mass is 19.4. The Morgan fingerprint density at radius 3 is 2.48 bits per heavy atom. The van der Waals surface area contributed by atoms with Gasteiger partial charge in [0.2, 0.25) is 5.91 Å². The minimum atomic E-state index is -4.79. The average Bonchev–Trinajstić information content (AvgIpc) is 3.12. The van der Waals surface area contributed by atoms with Gasteiger partial charge in [-0.05, 0) is 30.5 Å². The smallest absolute Gasteiger partial charge is 0.479 e. The number of hydrogen-bond acceptors (Lipinski definition) is 4. The molecular formula is C17H14F3N3O4. The molecule has 2 aliphatic rings. The van der Waals surface area contributed by atoms with Crippen LogP contribution in [0.2, 0.25) is 0 Å². The first kappa shape index (κ1) is 17.4. The average molecular weight is 381 g/mol. The van der Waals surface area contributed by atoms with Crippen molar-refractivity contribution in [2.24, 2.45) is 0 Å². The Balaban J connectivity index is 1.59. The Bertz CT molecular complexity index is 903. The number of nitrogens with zero attached hydrogens (tertiary/aromatic N) is 2. The zero-order chi connectivity index (χ0) is 19.4. The van der Waals surface area contributed by atoms with Gasteiger partial charge in [0.25, 0.3) is 0 Å². The molecule has 0 bridgehead atoms. The number of aliphatic carboxylic acids is 1. The number of amides is 1. The highest BCUT2D eigenvalue weighted by Gasteiger charge is 2.56. The second-order valence-corrected chi connectivity index (χ2v) is 6.63. The maximum Gasteiger partial charge on any atom is 0.573 e. The van der Waals surface area contributed by atoms with Crippen LogP contribution in [0.1, 0.15) is 35.7 Å². The molecule has 142 valence electrons. The van der Waals surface area contributed by atoms with Gasteiger partial charge in [-0.3, -0.25) is 9.89 Å². The number of nitrogens with one attached hydrogen (secondary N) is 1. The summed E-state index contributed by atoms with van der Waals surface area (Å²) in [5.41, 5.74) is 0.641. The number of rotatable bonds is 4. The van der Waals surface area contributed by atoms with E-state index in [-0.39, 0.29) is 18.2 Å². The summed E-state index contributed by atoms with van der Waals surface area (Å²) in [4.78, 5) is 26.1. The fraction of sp³-hybridized carbons (Fsp3) is 0.353. The van der Waals surface area contributed by atoms with Crippen molar-refractivity contribution in [1.29, 1.82) is 0 Å². The van der Waals surface area contributed by atoms with Gasteiger partial charge in [-0.1, -0.05) is 12.1 Å². The van der Waals surface area contributed by atoms with Crippen LogP contribution in [0.3, 0.4) is 0 Å². The van der Waals surface area contributed by atoms with Gasteiger partial charge in [0.1, 0.15) is 5.75 Å². The predicted octanol–water partition coefficient (Wildman–Crippen LogP) is 2.51. The lowest BCUT2D eigenvalue weighted by atomic mass is 9.93. The Morgan fingerprint density at radius 1 is 1.26 bits per heavy atom. The molecule has 1 aromatic carbocycles. The topological polar surface area (TPSA) is 95.5 Å². The summed E-state index contributed by atoms with van der Waals surface area (Å²) in [6, 6.07) is 4.01. The van der Waals surface area contributed by atoms with E-state index < -0.39 is 23.8 Å². The van der Waals surface area contributed by atoms with E-state index in [4.69, 9.17) is 0 Å². The van der Waals surface area contributed by atoms with E-state index in [0.717, 1.165) is 12.1 Å². The van der Waals surface area contributed by atoms with Gasteiger partial charge in [-0.15, -0.1) is 13.2 Å². The molecule has 1 fully saturated rings. The van der Waals surface area contributed by atoms with Gasteiger partial charge >= 0.3 is 12.3 Å². The summed E-state index contributed by atoms with van der Waals surface area (Å²) < 4.78 is 40.7. The second-order valence-electron chi connectivity index (χ2n) is 6.63. The third-order valence-electron chi connectivity index (χ3n) is 4.98. The lowest BCUT2D eigenvalue weighted by Gasteiger charge is -2.27. The molecule has 1 saturated carbocycles. The Labute approximate surface area is 150 Å². The molecule has 7 nitrogen and oxygen atoms in total. The normalized spacial score (nSPS) is 20.3. The zero-order valence-electron chi connectivity index (χ0n) is 13.8. The molecule has 2 heterocycles. The van der Waals surface area contributed by atoms with Crippen molar-refractivity contribution in [2.75, 3.05) is 0 Å². The number of hydrogen-bond donors (Lipinski definition) is 2. The number of carbonyl (C=O) groups is 2. The van der Waals surface area contributed by atoms with E-state index in [9.17, 15) is 27.9 Å². The summed E-state index contributed by atoms with van der Waals surface area (Å²) in [5.74, 6) is -1.89. The number of carbonyl (C=O) groups excluding carboxylic acids is 1. The number of alkyl halides is 3. The van der Waals surface area contributed by atoms with Gasteiger partial charge in [0, 0.05) is 5.56 Å². The van der Waals surface area contributed by atoms with Gasteiger partial charge < -0.3 is 14.7 Å². The lowest BCUT2D eigenvalue weighted by molar-refractivity contribution is -0.274. The van der Waals surface area contributed by atoms with Crippen LogP contribution in [0, 0.1) is 0 Å². The Kier molecular flexibility index (Phi) is 3.69. The fourth-order valence-corrected chi connectivity index (χ4v) is 3.57. The minimum absolute atomic E-state index is 0.0994. The van der Waals surface area contributed by atoms with Crippen molar-refractivity contribution in [1.82, 2.24) is 15.1 Å². The number of aromatic nitrogens is 2. The van der Waals surface area contributed by atoms with Crippen molar-refractivity contribution in [3.63, 3.8) is 0 Å². The maximum absolute atomic E-state index is 13.1. The molecule has 1 atom stereocenters. The molecule has 27 heavy (non-hydrogen) atoms. The van der Waals surface area contributed by atoms with Crippen LogP contribution < -0.4 is 4.74 Å².